The Morgan fingerprint density at radius 2 is 1.90 bits per heavy atom. The molecule has 3 fully saturated rings. The number of fused-ring (bicyclic) bond motifs is 2. The lowest BCUT2D eigenvalue weighted by Gasteiger charge is -2.34. The Balaban J connectivity index is 1.62. The Morgan fingerprint density at radius 1 is 1.19 bits per heavy atom. The summed E-state index contributed by atoms with van der Waals surface area (Å²) in [5, 5.41) is 3.65. The zero-order chi connectivity index (χ0) is 14.4. The monoisotopic (exact) mass is 287 g/mol. The highest BCUT2D eigenvalue weighted by molar-refractivity contribution is 5.52. The number of aryl methyl sites for hydroxylation is 2. The standard InChI is InChI=1S/C17H25N3O/c1-11-7-12(2)19-17(16(11)8-18-13-3-4-13)20-9-14-5-6-15(10-20)21-14/h7,13-15,18H,3-6,8-10H2,1-2H3. The van der Waals surface area contributed by atoms with Crippen molar-refractivity contribution in [3.63, 3.8) is 0 Å². The van der Waals surface area contributed by atoms with Crippen LogP contribution < -0.4 is 10.2 Å². The largest absolute Gasteiger partial charge is 0.371 e. The van der Waals surface area contributed by atoms with Gasteiger partial charge >= 0.3 is 0 Å². The lowest BCUT2D eigenvalue weighted by atomic mass is 10.1. The quantitative estimate of drug-likeness (QED) is 0.922. The smallest absolute Gasteiger partial charge is 0.133 e. The van der Waals surface area contributed by atoms with Gasteiger partial charge in [-0.1, -0.05) is 0 Å². The van der Waals surface area contributed by atoms with Crippen LogP contribution >= 0.6 is 0 Å². The maximum Gasteiger partial charge on any atom is 0.133 e. The first-order chi connectivity index (χ1) is 10.2. The van der Waals surface area contributed by atoms with Gasteiger partial charge in [-0.3, -0.25) is 0 Å². The molecule has 114 valence electrons. The molecule has 0 aromatic carbocycles. The highest BCUT2D eigenvalue weighted by Crippen LogP contribution is 2.32. The average Bonchev–Trinajstić information content (AvgIpc) is 3.22. The van der Waals surface area contributed by atoms with Crippen molar-refractivity contribution in [2.24, 2.45) is 0 Å². The number of pyridine rings is 1. The maximum atomic E-state index is 5.97. The summed E-state index contributed by atoms with van der Waals surface area (Å²) < 4.78 is 5.97. The fourth-order valence-corrected chi connectivity index (χ4v) is 3.65. The maximum absolute atomic E-state index is 5.97. The average molecular weight is 287 g/mol. The third kappa shape index (κ3) is 2.79. The normalized spacial score (nSPS) is 28.2. The number of rotatable bonds is 4. The zero-order valence-electron chi connectivity index (χ0n) is 13.1. The minimum absolute atomic E-state index is 0.413. The van der Waals surface area contributed by atoms with Crippen molar-refractivity contribution in [2.75, 3.05) is 18.0 Å². The number of ether oxygens (including phenoxy) is 1. The molecule has 2 bridgehead atoms. The Morgan fingerprint density at radius 3 is 2.57 bits per heavy atom. The lowest BCUT2D eigenvalue weighted by molar-refractivity contribution is 0.0301. The molecule has 1 aromatic heterocycles. The van der Waals surface area contributed by atoms with Gasteiger partial charge in [0.1, 0.15) is 5.82 Å². The van der Waals surface area contributed by atoms with E-state index in [4.69, 9.17) is 9.72 Å². The summed E-state index contributed by atoms with van der Waals surface area (Å²) in [5.41, 5.74) is 3.87. The van der Waals surface area contributed by atoms with Crippen molar-refractivity contribution < 1.29 is 4.74 Å². The van der Waals surface area contributed by atoms with Crippen molar-refractivity contribution in [1.82, 2.24) is 10.3 Å². The molecule has 21 heavy (non-hydrogen) atoms. The minimum atomic E-state index is 0.413. The molecule has 2 saturated heterocycles. The van der Waals surface area contributed by atoms with E-state index < -0.39 is 0 Å². The topological polar surface area (TPSA) is 37.4 Å². The van der Waals surface area contributed by atoms with Crippen LogP contribution in [0.25, 0.3) is 0 Å². The van der Waals surface area contributed by atoms with Gasteiger partial charge in [0, 0.05) is 36.9 Å². The van der Waals surface area contributed by atoms with Crippen LogP contribution in [-0.4, -0.2) is 36.3 Å². The van der Waals surface area contributed by atoms with Crippen LogP contribution in [-0.2, 0) is 11.3 Å². The molecule has 4 nitrogen and oxygen atoms in total. The van der Waals surface area contributed by atoms with E-state index >= 15 is 0 Å². The van der Waals surface area contributed by atoms with Gasteiger partial charge in [-0.15, -0.1) is 0 Å². The van der Waals surface area contributed by atoms with E-state index in [9.17, 15) is 0 Å². The molecule has 1 N–H and O–H groups in total. The van der Waals surface area contributed by atoms with Gasteiger partial charge in [-0.2, -0.15) is 0 Å². The van der Waals surface area contributed by atoms with E-state index in [0.717, 1.165) is 31.4 Å². The summed E-state index contributed by atoms with van der Waals surface area (Å²) in [6.45, 7) is 7.28. The number of morpholine rings is 1. The molecule has 4 heteroatoms. The van der Waals surface area contributed by atoms with Crippen molar-refractivity contribution in [1.29, 1.82) is 0 Å². The summed E-state index contributed by atoms with van der Waals surface area (Å²) in [7, 11) is 0. The first-order valence-corrected chi connectivity index (χ1v) is 8.30. The molecule has 1 aliphatic carbocycles. The number of hydrogen-bond donors (Lipinski definition) is 1. The van der Waals surface area contributed by atoms with Gasteiger partial charge in [-0.25, -0.2) is 4.98 Å². The third-order valence-electron chi connectivity index (χ3n) is 4.94. The number of anilines is 1. The van der Waals surface area contributed by atoms with Gasteiger partial charge < -0.3 is 15.0 Å². The molecule has 0 spiro atoms. The van der Waals surface area contributed by atoms with Crippen LogP contribution in [0.5, 0.6) is 0 Å². The summed E-state index contributed by atoms with van der Waals surface area (Å²) in [4.78, 5) is 7.35. The van der Waals surface area contributed by atoms with Crippen molar-refractivity contribution in [3.8, 4) is 0 Å². The van der Waals surface area contributed by atoms with E-state index in [1.165, 1.54) is 42.6 Å². The Hall–Kier alpha value is -1.13. The van der Waals surface area contributed by atoms with Gasteiger partial charge in [0.2, 0.25) is 0 Å². The molecule has 0 amide bonds. The summed E-state index contributed by atoms with van der Waals surface area (Å²) in [6, 6.07) is 2.95. The fourth-order valence-electron chi connectivity index (χ4n) is 3.65. The van der Waals surface area contributed by atoms with Gasteiger partial charge in [0.15, 0.2) is 0 Å². The van der Waals surface area contributed by atoms with Crippen molar-refractivity contribution in [3.05, 3.63) is 22.9 Å². The first-order valence-electron chi connectivity index (χ1n) is 8.30. The predicted molar refractivity (Wildman–Crippen MR) is 83.7 cm³/mol. The molecule has 3 heterocycles. The second kappa shape index (κ2) is 5.25. The van der Waals surface area contributed by atoms with E-state index in [0.29, 0.717) is 12.2 Å². The van der Waals surface area contributed by atoms with Crippen molar-refractivity contribution in [2.45, 2.75) is 64.3 Å². The van der Waals surface area contributed by atoms with Gasteiger partial charge in [0.25, 0.3) is 0 Å². The highest BCUT2D eigenvalue weighted by atomic mass is 16.5. The molecule has 3 aliphatic rings. The summed E-state index contributed by atoms with van der Waals surface area (Å²) >= 11 is 0. The van der Waals surface area contributed by atoms with Crippen LogP contribution in [0.3, 0.4) is 0 Å². The zero-order valence-corrected chi connectivity index (χ0v) is 13.1. The molecular formula is C17H25N3O. The summed E-state index contributed by atoms with van der Waals surface area (Å²) in [6.07, 6.45) is 5.90. The van der Waals surface area contributed by atoms with Gasteiger partial charge in [-0.05, 0) is 51.2 Å². The predicted octanol–water partition coefficient (Wildman–Crippen LogP) is 2.32. The van der Waals surface area contributed by atoms with E-state index in [1.807, 2.05) is 0 Å². The van der Waals surface area contributed by atoms with Crippen molar-refractivity contribution >= 4 is 5.82 Å². The molecular weight excluding hydrogens is 262 g/mol. The minimum Gasteiger partial charge on any atom is -0.371 e. The Kier molecular flexibility index (Phi) is 3.38. The van der Waals surface area contributed by atoms with Crippen LogP contribution in [0.2, 0.25) is 0 Å². The number of aromatic nitrogens is 1. The van der Waals surface area contributed by atoms with Crippen LogP contribution in [0.15, 0.2) is 6.07 Å². The number of nitrogens with zero attached hydrogens (tertiary/aromatic N) is 2. The summed E-state index contributed by atoms with van der Waals surface area (Å²) in [5.74, 6) is 1.20. The van der Waals surface area contributed by atoms with E-state index in [2.05, 4.69) is 30.1 Å². The fraction of sp³-hybridized carbons (Fsp3) is 0.706. The van der Waals surface area contributed by atoms with Crippen LogP contribution in [0, 0.1) is 13.8 Å². The molecule has 4 rings (SSSR count). The van der Waals surface area contributed by atoms with Crippen LogP contribution in [0.4, 0.5) is 5.82 Å². The molecule has 1 aromatic rings. The van der Waals surface area contributed by atoms with E-state index in [1.54, 1.807) is 0 Å². The molecule has 0 radical (unpaired) electrons. The molecule has 1 saturated carbocycles. The first kappa shape index (κ1) is 13.5. The second-order valence-corrected chi connectivity index (χ2v) is 6.90. The van der Waals surface area contributed by atoms with Crippen LogP contribution in [0.1, 0.15) is 42.5 Å². The molecule has 2 aliphatic heterocycles. The third-order valence-corrected chi connectivity index (χ3v) is 4.94. The second-order valence-electron chi connectivity index (χ2n) is 6.90. The highest BCUT2D eigenvalue weighted by Gasteiger charge is 2.35. The number of hydrogen-bond acceptors (Lipinski definition) is 4. The lowest BCUT2D eigenvalue weighted by Crippen LogP contribution is -2.43. The van der Waals surface area contributed by atoms with E-state index in [-0.39, 0.29) is 0 Å². The Labute approximate surface area is 126 Å². The molecule has 2 unspecified atom stereocenters. The Bertz CT molecular complexity index is 529. The molecule has 2 atom stereocenters. The van der Waals surface area contributed by atoms with Gasteiger partial charge in [0.05, 0.1) is 12.2 Å². The number of nitrogens with one attached hydrogen (secondary N) is 1. The SMILES string of the molecule is Cc1cc(C)c(CNC2CC2)c(N2CC3CCC(C2)O3)n1.